The molecule has 1 aliphatic rings. The number of amides is 1. The van der Waals surface area contributed by atoms with Crippen LogP contribution in [-0.2, 0) is 12.8 Å². The first-order chi connectivity index (χ1) is 9.22. The predicted molar refractivity (Wildman–Crippen MR) is 72.9 cm³/mol. The second kappa shape index (κ2) is 4.68. The van der Waals surface area contributed by atoms with Crippen molar-refractivity contribution in [2.24, 2.45) is 0 Å². The number of aryl methyl sites for hydroxylation is 2. The van der Waals surface area contributed by atoms with Gasteiger partial charge >= 0.3 is 0 Å². The molecule has 1 aromatic heterocycles. The number of hydrogen-bond acceptors (Lipinski definition) is 4. The molecule has 1 heterocycles. The highest BCUT2D eigenvalue weighted by atomic mass is 16.1. The van der Waals surface area contributed by atoms with Crippen LogP contribution in [0.1, 0.15) is 28.0 Å². The van der Waals surface area contributed by atoms with Crippen molar-refractivity contribution in [1.29, 1.82) is 0 Å². The first-order valence-corrected chi connectivity index (χ1v) is 6.23. The van der Waals surface area contributed by atoms with E-state index in [9.17, 15) is 4.79 Å². The Balaban J connectivity index is 1.80. The Morgan fingerprint density at radius 2 is 2.05 bits per heavy atom. The van der Waals surface area contributed by atoms with Crippen LogP contribution in [0.25, 0.3) is 0 Å². The van der Waals surface area contributed by atoms with Crippen LogP contribution in [0, 0.1) is 0 Å². The molecule has 0 bridgehead atoms. The maximum atomic E-state index is 12.0. The molecular formula is C14H14N4O. The average Bonchev–Trinajstić information content (AvgIpc) is 2.86. The first-order valence-electron chi connectivity index (χ1n) is 6.23. The molecule has 3 rings (SSSR count). The van der Waals surface area contributed by atoms with Crippen molar-refractivity contribution in [3.8, 4) is 0 Å². The number of nitrogens with two attached hydrogens (primary N) is 1. The lowest BCUT2D eigenvalue weighted by Gasteiger charge is -2.07. The molecule has 1 amide bonds. The number of aromatic nitrogens is 2. The Morgan fingerprint density at radius 3 is 2.89 bits per heavy atom. The minimum Gasteiger partial charge on any atom is -0.382 e. The van der Waals surface area contributed by atoms with Gasteiger partial charge in [-0.05, 0) is 42.5 Å². The van der Waals surface area contributed by atoms with Gasteiger partial charge in [0.1, 0.15) is 11.5 Å². The highest BCUT2D eigenvalue weighted by molar-refractivity contribution is 6.02. The minimum absolute atomic E-state index is 0.223. The largest absolute Gasteiger partial charge is 0.382 e. The Morgan fingerprint density at radius 1 is 1.21 bits per heavy atom. The monoisotopic (exact) mass is 254 g/mol. The molecule has 0 saturated heterocycles. The van der Waals surface area contributed by atoms with Crippen molar-refractivity contribution < 1.29 is 4.79 Å². The predicted octanol–water partition coefficient (Wildman–Crippen LogP) is 1.80. The molecule has 0 saturated carbocycles. The lowest BCUT2D eigenvalue weighted by Crippen LogP contribution is -2.15. The van der Waals surface area contributed by atoms with Crippen molar-refractivity contribution in [2.75, 3.05) is 11.1 Å². The van der Waals surface area contributed by atoms with E-state index in [0.29, 0.717) is 0 Å². The lowest BCUT2D eigenvalue weighted by molar-refractivity contribution is 0.102. The molecule has 1 aliphatic carbocycles. The van der Waals surface area contributed by atoms with E-state index in [2.05, 4.69) is 21.4 Å². The molecule has 19 heavy (non-hydrogen) atoms. The Labute approximate surface area is 110 Å². The molecule has 0 radical (unpaired) electrons. The topological polar surface area (TPSA) is 80.9 Å². The van der Waals surface area contributed by atoms with Crippen molar-refractivity contribution >= 4 is 17.4 Å². The van der Waals surface area contributed by atoms with Crippen molar-refractivity contribution in [3.63, 3.8) is 0 Å². The quantitative estimate of drug-likeness (QED) is 0.856. The second-order valence-electron chi connectivity index (χ2n) is 4.62. The fourth-order valence-corrected chi connectivity index (χ4v) is 2.34. The van der Waals surface area contributed by atoms with Crippen LogP contribution in [0.3, 0.4) is 0 Å². The van der Waals surface area contributed by atoms with Crippen LogP contribution in [0.2, 0.25) is 0 Å². The normalized spacial score (nSPS) is 13.1. The van der Waals surface area contributed by atoms with E-state index in [0.717, 1.165) is 18.5 Å². The minimum atomic E-state index is -0.294. The summed E-state index contributed by atoms with van der Waals surface area (Å²) >= 11 is 0. The zero-order valence-corrected chi connectivity index (χ0v) is 10.4. The smallest absolute Gasteiger partial charge is 0.275 e. The number of rotatable bonds is 2. The van der Waals surface area contributed by atoms with Crippen LogP contribution < -0.4 is 11.1 Å². The summed E-state index contributed by atoms with van der Waals surface area (Å²) in [6.45, 7) is 0. The summed E-state index contributed by atoms with van der Waals surface area (Å²) in [5.41, 5.74) is 9.21. The van der Waals surface area contributed by atoms with E-state index in [4.69, 9.17) is 5.73 Å². The van der Waals surface area contributed by atoms with E-state index in [1.54, 1.807) is 0 Å². The molecule has 96 valence electrons. The summed E-state index contributed by atoms with van der Waals surface area (Å²) in [5.74, 6) is -0.0562. The molecule has 0 atom stereocenters. The average molecular weight is 254 g/mol. The summed E-state index contributed by atoms with van der Waals surface area (Å²) in [5, 5.41) is 2.82. The maximum absolute atomic E-state index is 12.0. The van der Waals surface area contributed by atoms with Gasteiger partial charge in [0, 0.05) is 5.69 Å². The highest BCUT2D eigenvalue weighted by Crippen LogP contribution is 2.25. The molecule has 5 heteroatoms. The number of carbonyl (C=O) groups is 1. The third kappa shape index (κ3) is 2.40. The number of carbonyl (C=O) groups excluding carboxylic acids is 1. The Kier molecular flexibility index (Phi) is 2.87. The van der Waals surface area contributed by atoms with Gasteiger partial charge < -0.3 is 11.1 Å². The van der Waals surface area contributed by atoms with Crippen LogP contribution in [0.15, 0.2) is 30.6 Å². The standard InChI is InChI=1S/C14H14N4O/c15-13-8-16-7-12(18-13)14(19)17-11-5-4-9-2-1-3-10(9)6-11/h4-8H,1-3H2,(H2,15,18)(H,17,19). The lowest BCUT2D eigenvalue weighted by atomic mass is 10.1. The first kappa shape index (κ1) is 11.6. The summed E-state index contributed by atoms with van der Waals surface area (Å²) in [6.07, 6.45) is 6.21. The SMILES string of the molecule is Nc1cncc(C(=O)Nc2ccc3c(c2)CCC3)n1. The van der Waals surface area contributed by atoms with Crippen LogP contribution >= 0.6 is 0 Å². The van der Waals surface area contributed by atoms with Gasteiger partial charge in [-0.3, -0.25) is 9.78 Å². The van der Waals surface area contributed by atoms with Gasteiger partial charge in [0.15, 0.2) is 0 Å². The van der Waals surface area contributed by atoms with Gasteiger partial charge in [-0.25, -0.2) is 4.98 Å². The van der Waals surface area contributed by atoms with E-state index in [1.807, 2.05) is 12.1 Å². The van der Waals surface area contributed by atoms with E-state index in [1.165, 1.54) is 29.9 Å². The zero-order valence-electron chi connectivity index (χ0n) is 10.4. The number of nitrogen functional groups attached to an aromatic ring is 1. The molecule has 0 aliphatic heterocycles. The van der Waals surface area contributed by atoms with Crippen molar-refractivity contribution in [1.82, 2.24) is 9.97 Å². The van der Waals surface area contributed by atoms with Crippen LogP contribution in [0.4, 0.5) is 11.5 Å². The Bertz CT molecular complexity index is 639. The van der Waals surface area contributed by atoms with Gasteiger partial charge in [-0.2, -0.15) is 0 Å². The van der Waals surface area contributed by atoms with Gasteiger partial charge in [0.25, 0.3) is 5.91 Å². The number of nitrogens with one attached hydrogen (secondary N) is 1. The molecule has 0 fully saturated rings. The molecule has 0 unspecified atom stereocenters. The number of anilines is 2. The number of hydrogen-bond donors (Lipinski definition) is 2. The highest BCUT2D eigenvalue weighted by Gasteiger charge is 2.13. The van der Waals surface area contributed by atoms with Crippen LogP contribution in [-0.4, -0.2) is 15.9 Å². The Hall–Kier alpha value is -2.43. The van der Waals surface area contributed by atoms with Gasteiger partial charge in [0.2, 0.25) is 0 Å². The van der Waals surface area contributed by atoms with Crippen LogP contribution in [0.5, 0.6) is 0 Å². The third-order valence-electron chi connectivity index (χ3n) is 3.24. The summed E-state index contributed by atoms with van der Waals surface area (Å²) in [6, 6.07) is 6.02. The molecule has 1 aromatic carbocycles. The number of nitrogens with zero attached hydrogens (tertiary/aromatic N) is 2. The van der Waals surface area contributed by atoms with E-state index < -0.39 is 0 Å². The molecular weight excluding hydrogens is 240 g/mol. The van der Waals surface area contributed by atoms with Gasteiger partial charge in [-0.1, -0.05) is 6.07 Å². The third-order valence-corrected chi connectivity index (χ3v) is 3.24. The van der Waals surface area contributed by atoms with Crippen molar-refractivity contribution in [3.05, 3.63) is 47.4 Å². The molecule has 0 spiro atoms. The molecule has 2 aromatic rings. The summed E-state index contributed by atoms with van der Waals surface area (Å²) < 4.78 is 0. The maximum Gasteiger partial charge on any atom is 0.275 e. The number of benzene rings is 1. The summed E-state index contributed by atoms with van der Waals surface area (Å²) in [7, 11) is 0. The van der Waals surface area contributed by atoms with Gasteiger partial charge in [-0.15, -0.1) is 0 Å². The fraction of sp³-hybridized carbons (Fsp3) is 0.214. The molecule has 3 N–H and O–H groups in total. The van der Waals surface area contributed by atoms with E-state index >= 15 is 0 Å². The molecule has 5 nitrogen and oxygen atoms in total. The van der Waals surface area contributed by atoms with Gasteiger partial charge in [0.05, 0.1) is 12.4 Å². The van der Waals surface area contributed by atoms with Crippen molar-refractivity contribution in [2.45, 2.75) is 19.3 Å². The zero-order chi connectivity index (χ0) is 13.2. The second-order valence-corrected chi connectivity index (χ2v) is 4.62. The summed E-state index contributed by atoms with van der Waals surface area (Å²) in [4.78, 5) is 19.8. The number of fused-ring (bicyclic) bond motifs is 1. The van der Waals surface area contributed by atoms with E-state index in [-0.39, 0.29) is 17.4 Å². The fourth-order valence-electron chi connectivity index (χ4n) is 2.34.